The number of aliphatic hydroxyl groups excluding tert-OH is 3. The van der Waals surface area contributed by atoms with Crippen molar-refractivity contribution < 1.29 is 30.0 Å². The van der Waals surface area contributed by atoms with Gasteiger partial charge in [0.05, 0.1) is 18.8 Å². The molecule has 1 aliphatic rings. The van der Waals surface area contributed by atoms with Gasteiger partial charge in [-0.1, -0.05) is 43.5 Å². The van der Waals surface area contributed by atoms with Crippen LogP contribution in [-0.4, -0.2) is 44.4 Å². The number of carboxylic acid groups (broad SMARTS) is 1. The largest absolute Gasteiger partial charge is 0.481 e. The molecule has 4 N–H and O–H groups in total. The molecule has 0 unspecified atom stereocenters. The number of ketones is 1. The van der Waals surface area contributed by atoms with E-state index in [1.165, 1.54) is 0 Å². The first kappa shape index (κ1) is 23.5. The van der Waals surface area contributed by atoms with Crippen molar-refractivity contribution in [2.24, 2.45) is 11.8 Å². The van der Waals surface area contributed by atoms with Crippen LogP contribution in [0.15, 0.2) is 24.3 Å². The molecule has 6 nitrogen and oxygen atoms in total. The summed E-state index contributed by atoms with van der Waals surface area (Å²) in [5.41, 5.74) is 1.78. The maximum absolute atomic E-state index is 12.3. The second-order valence-corrected chi connectivity index (χ2v) is 8.27. The molecule has 1 aliphatic carbocycles. The molecular formula is C23H34O6. The van der Waals surface area contributed by atoms with E-state index in [2.05, 4.69) is 0 Å². The van der Waals surface area contributed by atoms with E-state index in [0.29, 0.717) is 25.7 Å². The van der Waals surface area contributed by atoms with Crippen LogP contribution < -0.4 is 0 Å². The molecule has 4 atom stereocenters. The molecular weight excluding hydrogens is 372 g/mol. The number of carboxylic acids is 1. The summed E-state index contributed by atoms with van der Waals surface area (Å²) >= 11 is 0. The van der Waals surface area contributed by atoms with Gasteiger partial charge in [0, 0.05) is 18.8 Å². The van der Waals surface area contributed by atoms with Crippen LogP contribution in [0.2, 0.25) is 0 Å². The third-order valence-corrected chi connectivity index (χ3v) is 5.97. The number of hydrogen-bond acceptors (Lipinski definition) is 5. The maximum atomic E-state index is 12.3. The highest BCUT2D eigenvalue weighted by molar-refractivity contribution is 5.84. The molecule has 162 valence electrons. The average molecular weight is 407 g/mol. The van der Waals surface area contributed by atoms with Crippen molar-refractivity contribution in [3.63, 3.8) is 0 Å². The first-order valence-corrected chi connectivity index (χ1v) is 10.7. The number of unbranched alkanes of at least 4 members (excludes halogenated alkanes) is 3. The highest BCUT2D eigenvalue weighted by Gasteiger charge is 2.40. The SMILES string of the molecule is O=C(O)CCCCCC[C@H]1C(=O)C[C@@H](O)[C@@H]1CC[C@H](O)Cc1cccc(CO)c1. The number of Topliss-reactive ketones (excluding diaryl/α,β-unsaturated/α-hetero) is 1. The topological polar surface area (TPSA) is 115 Å². The Morgan fingerprint density at radius 2 is 1.83 bits per heavy atom. The lowest BCUT2D eigenvalue weighted by Crippen LogP contribution is -2.23. The number of aliphatic hydroxyl groups is 3. The van der Waals surface area contributed by atoms with E-state index in [4.69, 9.17) is 5.11 Å². The van der Waals surface area contributed by atoms with E-state index in [9.17, 15) is 24.9 Å². The minimum Gasteiger partial charge on any atom is -0.481 e. The van der Waals surface area contributed by atoms with Gasteiger partial charge in [-0.25, -0.2) is 0 Å². The Labute approximate surface area is 172 Å². The zero-order valence-corrected chi connectivity index (χ0v) is 17.0. The summed E-state index contributed by atoms with van der Waals surface area (Å²) < 4.78 is 0. The van der Waals surface area contributed by atoms with E-state index in [1.54, 1.807) is 0 Å². The summed E-state index contributed by atoms with van der Waals surface area (Å²) in [5, 5.41) is 38.6. The van der Waals surface area contributed by atoms with Gasteiger partial charge in [0.1, 0.15) is 5.78 Å². The molecule has 0 aliphatic heterocycles. The van der Waals surface area contributed by atoms with Crippen molar-refractivity contribution in [1.29, 1.82) is 0 Å². The molecule has 1 aromatic rings. The van der Waals surface area contributed by atoms with Crippen molar-refractivity contribution in [3.8, 4) is 0 Å². The van der Waals surface area contributed by atoms with Gasteiger partial charge in [-0.05, 0) is 49.1 Å². The monoisotopic (exact) mass is 406 g/mol. The number of carbonyl (C=O) groups is 2. The highest BCUT2D eigenvalue weighted by Crippen LogP contribution is 2.36. The minimum absolute atomic E-state index is 0.0295. The standard InChI is InChI=1S/C23H34O6/c24-15-17-7-5-6-16(12-17)13-18(25)10-11-20-19(21(26)14-22(20)27)8-3-1-2-4-9-23(28)29/h5-7,12,18-20,22,24-25,27H,1-4,8-11,13-15H2,(H,28,29)/t18-,19+,20+,22+/m0/s1. The Hall–Kier alpha value is -1.76. The van der Waals surface area contributed by atoms with Crippen molar-refractivity contribution in [2.75, 3.05) is 0 Å². The third-order valence-electron chi connectivity index (χ3n) is 5.97. The quantitative estimate of drug-likeness (QED) is 0.375. The molecule has 29 heavy (non-hydrogen) atoms. The van der Waals surface area contributed by atoms with Gasteiger partial charge in [-0.3, -0.25) is 9.59 Å². The molecule has 0 bridgehead atoms. The van der Waals surface area contributed by atoms with Gasteiger partial charge < -0.3 is 20.4 Å². The number of carbonyl (C=O) groups excluding carboxylic acids is 1. The molecule has 1 fully saturated rings. The van der Waals surface area contributed by atoms with E-state index >= 15 is 0 Å². The molecule has 1 saturated carbocycles. The van der Waals surface area contributed by atoms with Crippen molar-refractivity contribution in [3.05, 3.63) is 35.4 Å². The predicted octanol–water partition coefficient (Wildman–Crippen LogP) is 2.85. The lowest BCUT2D eigenvalue weighted by atomic mass is 9.85. The fraction of sp³-hybridized carbons (Fsp3) is 0.652. The second kappa shape index (κ2) is 12.1. The summed E-state index contributed by atoms with van der Waals surface area (Å²) in [6.07, 6.45) is 4.78. The smallest absolute Gasteiger partial charge is 0.303 e. The molecule has 0 radical (unpaired) electrons. The van der Waals surface area contributed by atoms with Gasteiger partial charge in [0.15, 0.2) is 0 Å². The number of aliphatic carboxylic acids is 1. The molecule has 6 heteroatoms. The van der Waals surface area contributed by atoms with Crippen molar-refractivity contribution >= 4 is 11.8 Å². The molecule has 2 rings (SSSR count). The molecule has 0 spiro atoms. The Bertz CT molecular complexity index is 659. The molecule has 0 amide bonds. The van der Waals surface area contributed by atoms with Crippen molar-refractivity contribution in [2.45, 2.75) is 83.0 Å². The van der Waals surface area contributed by atoms with Crippen molar-refractivity contribution in [1.82, 2.24) is 0 Å². The lowest BCUT2D eigenvalue weighted by Gasteiger charge is -2.22. The normalized spacial score (nSPS) is 22.7. The molecule has 0 aromatic heterocycles. The number of hydrogen-bond donors (Lipinski definition) is 4. The maximum Gasteiger partial charge on any atom is 0.303 e. The Balaban J connectivity index is 1.77. The van der Waals surface area contributed by atoms with Crippen LogP contribution in [0.1, 0.15) is 68.9 Å². The lowest BCUT2D eigenvalue weighted by molar-refractivity contribution is -0.137. The van der Waals surface area contributed by atoms with Gasteiger partial charge in [-0.2, -0.15) is 0 Å². The van der Waals surface area contributed by atoms with E-state index in [0.717, 1.165) is 36.8 Å². The summed E-state index contributed by atoms with van der Waals surface area (Å²) in [5.74, 6) is -0.937. The summed E-state index contributed by atoms with van der Waals surface area (Å²) in [7, 11) is 0. The Morgan fingerprint density at radius 1 is 1.10 bits per heavy atom. The van der Waals surface area contributed by atoms with Crippen LogP contribution in [-0.2, 0) is 22.6 Å². The fourth-order valence-electron chi connectivity index (χ4n) is 4.39. The molecule has 0 saturated heterocycles. The summed E-state index contributed by atoms with van der Waals surface area (Å²) in [4.78, 5) is 22.8. The molecule has 0 heterocycles. The number of rotatable bonds is 13. The van der Waals surface area contributed by atoms with Crippen LogP contribution >= 0.6 is 0 Å². The summed E-state index contributed by atoms with van der Waals surface area (Å²) in [6, 6.07) is 7.50. The Kier molecular flexibility index (Phi) is 9.78. The first-order chi connectivity index (χ1) is 13.9. The van der Waals surface area contributed by atoms with Crippen LogP contribution in [0.3, 0.4) is 0 Å². The molecule has 1 aromatic carbocycles. The van der Waals surface area contributed by atoms with Crippen LogP contribution in [0.25, 0.3) is 0 Å². The van der Waals surface area contributed by atoms with E-state index in [-0.39, 0.29) is 37.1 Å². The Morgan fingerprint density at radius 3 is 2.55 bits per heavy atom. The van der Waals surface area contributed by atoms with Gasteiger partial charge >= 0.3 is 5.97 Å². The van der Waals surface area contributed by atoms with Gasteiger partial charge in [-0.15, -0.1) is 0 Å². The van der Waals surface area contributed by atoms with E-state index in [1.807, 2.05) is 24.3 Å². The first-order valence-electron chi connectivity index (χ1n) is 10.7. The minimum atomic E-state index is -0.777. The highest BCUT2D eigenvalue weighted by atomic mass is 16.4. The second-order valence-electron chi connectivity index (χ2n) is 8.27. The summed E-state index contributed by atoms with van der Waals surface area (Å²) in [6.45, 7) is -0.0295. The number of benzene rings is 1. The van der Waals surface area contributed by atoms with Crippen LogP contribution in [0.4, 0.5) is 0 Å². The zero-order valence-electron chi connectivity index (χ0n) is 17.0. The van der Waals surface area contributed by atoms with Crippen LogP contribution in [0.5, 0.6) is 0 Å². The van der Waals surface area contributed by atoms with E-state index < -0.39 is 18.2 Å². The zero-order chi connectivity index (χ0) is 21.2. The fourth-order valence-corrected chi connectivity index (χ4v) is 4.39. The van der Waals surface area contributed by atoms with Gasteiger partial charge in [0.2, 0.25) is 0 Å². The third kappa shape index (κ3) is 7.88. The predicted molar refractivity (Wildman–Crippen MR) is 109 cm³/mol. The van der Waals surface area contributed by atoms with Gasteiger partial charge in [0.25, 0.3) is 0 Å². The van der Waals surface area contributed by atoms with Crippen LogP contribution in [0, 0.1) is 11.8 Å². The average Bonchev–Trinajstić information content (AvgIpc) is 2.95.